The predicted molar refractivity (Wildman–Crippen MR) is 60.1 cm³/mol. The van der Waals surface area contributed by atoms with Crippen LogP contribution in [-0.4, -0.2) is 11.3 Å². The fourth-order valence-corrected chi connectivity index (χ4v) is 1.06. The summed E-state index contributed by atoms with van der Waals surface area (Å²) < 4.78 is 0. The van der Waals surface area contributed by atoms with Gasteiger partial charge in [-0.25, -0.2) is 0 Å². The minimum absolute atomic E-state index is 0.0568. The Morgan fingerprint density at radius 1 is 1.62 bits per heavy atom. The van der Waals surface area contributed by atoms with Crippen LogP contribution in [0.1, 0.15) is 13.8 Å². The molecule has 1 unspecified atom stereocenters. The Kier molecular flexibility index (Phi) is 6.06. The first-order valence-electron chi connectivity index (χ1n) is 4.06. The van der Waals surface area contributed by atoms with Crippen molar-refractivity contribution in [3.8, 4) is 0 Å². The summed E-state index contributed by atoms with van der Waals surface area (Å²) in [6, 6.07) is -0.0568. The van der Waals surface area contributed by atoms with Crippen LogP contribution in [0.2, 0.25) is 0 Å². The van der Waals surface area contributed by atoms with Gasteiger partial charge in [0.2, 0.25) is 0 Å². The molecule has 0 fully saturated rings. The summed E-state index contributed by atoms with van der Waals surface area (Å²) in [6.07, 6.45) is 7.44. The molecule has 0 aliphatic carbocycles. The fourth-order valence-electron chi connectivity index (χ4n) is 0.865. The highest BCUT2D eigenvalue weighted by Gasteiger charge is 2.05. The third-order valence-corrected chi connectivity index (χ3v) is 1.69. The topological polar surface area (TPSA) is 29.1 Å². The van der Waals surface area contributed by atoms with Gasteiger partial charge in [0, 0.05) is 0 Å². The molecule has 0 aliphatic heterocycles. The van der Waals surface area contributed by atoms with Crippen LogP contribution in [0, 0.1) is 0 Å². The lowest BCUT2D eigenvalue weighted by molar-refractivity contribution is 0.259. The molecule has 0 radical (unpaired) electrons. The lowest BCUT2D eigenvalue weighted by Gasteiger charge is -2.12. The Morgan fingerprint density at radius 3 is 2.62 bits per heavy atom. The van der Waals surface area contributed by atoms with Gasteiger partial charge in [0.1, 0.15) is 0 Å². The van der Waals surface area contributed by atoms with Crippen molar-refractivity contribution >= 4 is 17.9 Å². The highest BCUT2D eigenvalue weighted by molar-refractivity contribution is 7.96. The van der Waals surface area contributed by atoms with Crippen LogP contribution in [0.5, 0.6) is 0 Å². The molecule has 0 spiro atoms. The number of allylic oxidation sites excluding steroid dienone is 3. The number of carbonyl (C=O) groups is 1. The number of carbonyl (C=O) groups excluding carboxylic acids is 1. The van der Waals surface area contributed by atoms with E-state index in [0.29, 0.717) is 0 Å². The molecule has 0 aromatic heterocycles. The summed E-state index contributed by atoms with van der Waals surface area (Å²) in [6.45, 7) is 7.47. The molecule has 72 valence electrons. The zero-order valence-corrected chi connectivity index (χ0v) is 8.84. The standard InChI is InChI=1S/C10H15NOS/c1-4-6-7-9(5-2)8(3)11-10(12)13/h4-8H,2H2,1,3H3,(H2,11,12,13)/b6-4-,9-7+. The van der Waals surface area contributed by atoms with Crippen molar-refractivity contribution in [1.82, 2.24) is 5.32 Å². The predicted octanol–water partition coefficient (Wildman–Crippen LogP) is 2.70. The maximum absolute atomic E-state index is 10.6. The smallest absolute Gasteiger partial charge is 0.276 e. The van der Waals surface area contributed by atoms with Crippen LogP contribution >= 0.6 is 12.6 Å². The van der Waals surface area contributed by atoms with Crippen LogP contribution in [-0.2, 0) is 0 Å². The van der Waals surface area contributed by atoms with Crippen molar-refractivity contribution in [2.45, 2.75) is 19.9 Å². The minimum atomic E-state index is -0.333. The number of hydrogen-bond donors (Lipinski definition) is 2. The molecule has 0 aromatic rings. The lowest BCUT2D eigenvalue weighted by atomic mass is 10.1. The number of hydrogen-bond acceptors (Lipinski definition) is 1. The van der Waals surface area contributed by atoms with Crippen LogP contribution in [0.25, 0.3) is 0 Å². The summed E-state index contributed by atoms with van der Waals surface area (Å²) in [7, 11) is 0. The molecule has 1 atom stereocenters. The Bertz CT molecular complexity index is 243. The SMILES string of the molecule is C=C/C(=C\C=C/C)C(C)NC(=O)S. The van der Waals surface area contributed by atoms with Crippen molar-refractivity contribution in [3.05, 3.63) is 36.5 Å². The van der Waals surface area contributed by atoms with Gasteiger partial charge >= 0.3 is 0 Å². The van der Waals surface area contributed by atoms with E-state index in [9.17, 15) is 4.79 Å². The summed E-state index contributed by atoms with van der Waals surface area (Å²) in [5.41, 5.74) is 0.959. The van der Waals surface area contributed by atoms with Gasteiger partial charge in [0.25, 0.3) is 5.24 Å². The van der Waals surface area contributed by atoms with Gasteiger partial charge in [-0.2, -0.15) is 0 Å². The fraction of sp³-hybridized carbons (Fsp3) is 0.300. The molecule has 1 N–H and O–H groups in total. The molecule has 0 saturated heterocycles. The van der Waals surface area contributed by atoms with Crippen molar-refractivity contribution < 1.29 is 4.79 Å². The van der Waals surface area contributed by atoms with Crippen LogP contribution < -0.4 is 5.32 Å². The van der Waals surface area contributed by atoms with Crippen molar-refractivity contribution in [3.63, 3.8) is 0 Å². The maximum atomic E-state index is 10.6. The summed E-state index contributed by atoms with van der Waals surface area (Å²) >= 11 is 3.63. The number of thiol groups is 1. The Balaban J connectivity index is 4.39. The van der Waals surface area contributed by atoms with E-state index in [4.69, 9.17) is 0 Å². The highest BCUT2D eigenvalue weighted by atomic mass is 32.1. The molecule has 0 heterocycles. The average molecular weight is 197 g/mol. The second-order valence-electron chi connectivity index (χ2n) is 2.57. The summed E-state index contributed by atoms with van der Waals surface area (Å²) in [5, 5.41) is 2.32. The van der Waals surface area contributed by atoms with E-state index >= 15 is 0 Å². The average Bonchev–Trinajstić information content (AvgIpc) is 2.04. The van der Waals surface area contributed by atoms with E-state index in [1.807, 2.05) is 32.1 Å². The first kappa shape index (κ1) is 12.0. The van der Waals surface area contributed by atoms with Gasteiger partial charge in [0.05, 0.1) is 6.04 Å². The van der Waals surface area contributed by atoms with Gasteiger partial charge in [-0.1, -0.05) is 43.5 Å². The molecule has 13 heavy (non-hydrogen) atoms. The van der Waals surface area contributed by atoms with E-state index in [0.717, 1.165) is 5.57 Å². The quantitative estimate of drug-likeness (QED) is 0.526. The minimum Gasteiger partial charge on any atom is -0.341 e. The number of amides is 1. The third-order valence-electron chi connectivity index (χ3n) is 1.56. The Morgan fingerprint density at radius 2 is 2.23 bits per heavy atom. The third kappa shape index (κ3) is 5.31. The zero-order chi connectivity index (χ0) is 10.3. The van der Waals surface area contributed by atoms with E-state index in [-0.39, 0.29) is 11.3 Å². The monoisotopic (exact) mass is 197 g/mol. The first-order valence-corrected chi connectivity index (χ1v) is 4.51. The largest absolute Gasteiger partial charge is 0.341 e. The van der Waals surface area contributed by atoms with Crippen LogP contribution in [0.3, 0.4) is 0 Å². The molecule has 3 heteroatoms. The zero-order valence-electron chi connectivity index (χ0n) is 7.95. The van der Waals surface area contributed by atoms with Crippen molar-refractivity contribution in [2.75, 3.05) is 0 Å². The van der Waals surface area contributed by atoms with Gasteiger partial charge in [-0.05, 0) is 19.4 Å². The number of nitrogens with one attached hydrogen (secondary N) is 1. The molecule has 2 nitrogen and oxygen atoms in total. The Labute approximate surface area is 84.8 Å². The second kappa shape index (κ2) is 6.54. The van der Waals surface area contributed by atoms with Gasteiger partial charge in [-0.15, -0.1) is 0 Å². The molecular weight excluding hydrogens is 182 g/mol. The lowest BCUT2D eigenvalue weighted by Crippen LogP contribution is -2.29. The Hall–Kier alpha value is -0.960. The van der Waals surface area contributed by atoms with Crippen LogP contribution in [0.4, 0.5) is 4.79 Å². The van der Waals surface area contributed by atoms with E-state index < -0.39 is 0 Å². The van der Waals surface area contributed by atoms with Crippen LogP contribution in [0.15, 0.2) is 36.5 Å². The number of rotatable bonds is 4. The van der Waals surface area contributed by atoms with E-state index in [1.165, 1.54) is 0 Å². The van der Waals surface area contributed by atoms with Gasteiger partial charge in [0.15, 0.2) is 0 Å². The van der Waals surface area contributed by atoms with E-state index in [1.54, 1.807) is 6.08 Å². The van der Waals surface area contributed by atoms with Crippen molar-refractivity contribution in [1.29, 1.82) is 0 Å². The normalized spacial score (nSPS) is 14.2. The molecule has 0 rings (SSSR count). The summed E-state index contributed by atoms with van der Waals surface area (Å²) in [5.74, 6) is 0. The van der Waals surface area contributed by atoms with Gasteiger partial charge in [-0.3, -0.25) is 4.79 Å². The molecule has 0 aromatic carbocycles. The molecule has 0 saturated carbocycles. The molecule has 0 aliphatic rings. The second-order valence-corrected chi connectivity index (χ2v) is 2.97. The molecule has 1 amide bonds. The first-order chi connectivity index (χ1) is 6.11. The molecule has 0 bridgehead atoms. The molecular formula is C10H15NOS. The summed E-state index contributed by atoms with van der Waals surface area (Å²) in [4.78, 5) is 10.6. The highest BCUT2D eigenvalue weighted by Crippen LogP contribution is 2.04. The van der Waals surface area contributed by atoms with Crippen molar-refractivity contribution in [2.24, 2.45) is 0 Å². The maximum Gasteiger partial charge on any atom is 0.276 e. The van der Waals surface area contributed by atoms with E-state index in [2.05, 4.69) is 24.5 Å². The van der Waals surface area contributed by atoms with Gasteiger partial charge < -0.3 is 5.32 Å².